The van der Waals surface area contributed by atoms with Crippen LogP contribution in [0.25, 0.3) is 0 Å². The van der Waals surface area contributed by atoms with Gasteiger partial charge in [0.1, 0.15) is 0 Å². The highest BCUT2D eigenvalue weighted by atomic mass is 16.3. The van der Waals surface area contributed by atoms with E-state index in [0.717, 1.165) is 25.2 Å². The molecule has 2 unspecified atom stereocenters. The first kappa shape index (κ1) is 7.07. The Morgan fingerprint density at radius 2 is 2.22 bits per heavy atom. The Hall–Kier alpha value is -0.0400. The lowest BCUT2D eigenvalue weighted by atomic mass is 10.0. The summed E-state index contributed by atoms with van der Waals surface area (Å²) < 4.78 is 0. The van der Waals surface area contributed by atoms with Gasteiger partial charge in [-0.05, 0) is 25.2 Å². The molecule has 0 amide bonds. The fourth-order valence-corrected chi connectivity index (χ4v) is 1.60. The lowest BCUT2D eigenvalue weighted by molar-refractivity contribution is 0.177. The quantitative estimate of drug-likeness (QED) is 0.599. The molecule has 0 saturated heterocycles. The van der Waals surface area contributed by atoms with Crippen molar-refractivity contribution in [2.75, 3.05) is 0 Å². The van der Waals surface area contributed by atoms with Crippen LogP contribution in [0.5, 0.6) is 0 Å². The maximum Gasteiger partial charge on any atom is 0.0543 e. The van der Waals surface area contributed by atoms with Gasteiger partial charge in [0.25, 0.3) is 0 Å². The number of aliphatic hydroxyl groups is 1. The molecular formula is C8H15O. The molecule has 0 aliphatic heterocycles. The molecule has 1 N–H and O–H groups in total. The number of hydrogen-bond donors (Lipinski definition) is 1. The zero-order chi connectivity index (χ0) is 6.69. The van der Waals surface area contributed by atoms with E-state index in [0.29, 0.717) is 0 Å². The van der Waals surface area contributed by atoms with Crippen molar-refractivity contribution < 1.29 is 5.11 Å². The SMILES string of the molecule is [CH2]CCC1CCC(O)C1. The molecule has 1 nitrogen and oxygen atoms in total. The highest BCUT2D eigenvalue weighted by Gasteiger charge is 2.21. The second-order valence-electron chi connectivity index (χ2n) is 2.98. The first-order valence-electron chi connectivity index (χ1n) is 3.80. The molecule has 0 spiro atoms. The fourth-order valence-electron chi connectivity index (χ4n) is 1.60. The van der Waals surface area contributed by atoms with Gasteiger partial charge in [-0.15, -0.1) is 0 Å². The standard InChI is InChI=1S/C8H15O/c1-2-3-7-4-5-8(9)6-7/h7-9H,1-6H2. The maximum absolute atomic E-state index is 9.11. The van der Waals surface area contributed by atoms with Gasteiger partial charge in [0.05, 0.1) is 6.10 Å². The molecule has 0 aromatic rings. The van der Waals surface area contributed by atoms with Crippen molar-refractivity contribution in [1.82, 2.24) is 0 Å². The van der Waals surface area contributed by atoms with Crippen molar-refractivity contribution in [1.29, 1.82) is 0 Å². The number of aliphatic hydroxyl groups excluding tert-OH is 1. The maximum atomic E-state index is 9.11. The Bertz CT molecular complexity index is 78.6. The monoisotopic (exact) mass is 127 g/mol. The summed E-state index contributed by atoms with van der Waals surface area (Å²) in [5.74, 6) is 0.775. The van der Waals surface area contributed by atoms with Crippen LogP contribution in [0.4, 0.5) is 0 Å². The van der Waals surface area contributed by atoms with Crippen molar-refractivity contribution in [3.8, 4) is 0 Å². The average molecular weight is 127 g/mol. The van der Waals surface area contributed by atoms with Gasteiger partial charge >= 0.3 is 0 Å². The van der Waals surface area contributed by atoms with Crippen molar-refractivity contribution in [2.45, 2.75) is 38.2 Å². The Balaban J connectivity index is 2.14. The normalized spacial score (nSPS) is 35.3. The van der Waals surface area contributed by atoms with E-state index in [-0.39, 0.29) is 6.10 Å². The second-order valence-corrected chi connectivity index (χ2v) is 2.98. The van der Waals surface area contributed by atoms with Crippen molar-refractivity contribution >= 4 is 0 Å². The Morgan fingerprint density at radius 3 is 2.67 bits per heavy atom. The molecule has 1 heteroatoms. The van der Waals surface area contributed by atoms with Gasteiger partial charge in [0.2, 0.25) is 0 Å². The molecule has 1 rings (SSSR count). The average Bonchev–Trinajstić information content (AvgIpc) is 2.17. The number of rotatable bonds is 2. The van der Waals surface area contributed by atoms with E-state index in [1.807, 2.05) is 0 Å². The minimum atomic E-state index is 0.00144. The van der Waals surface area contributed by atoms with Crippen LogP contribution in [0.1, 0.15) is 32.1 Å². The predicted molar refractivity (Wildman–Crippen MR) is 37.9 cm³/mol. The predicted octanol–water partition coefficient (Wildman–Crippen LogP) is 1.76. The van der Waals surface area contributed by atoms with Gasteiger partial charge in [-0.1, -0.05) is 19.8 Å². The van der Waals surface area contributed by atoms with Crippen LogP contribution in [0, 0.1) is 12.8 Å². The molecule has 1 radical (unpaired) electrons. The third kappa shape index (κ3) is 1.98. The molecule has 0 aromatic carbocycles. The highest BCUT2D eigenvalue weighted by molar-refractivity contribution is 4.74. The first-order chi connectivity index (χ1) is 4.33. The van der Waals surface area contributed by atoms with Gasteiger partial charge in [-0.2, -0.15) is 0 Å². The zero-order valence-electron chi connectivity index (χ0n) is 5.84. The molecule has 2 atom stereocenters. The van der Waals surface area contributed by atoms with Crippen LogP contribution in [-0.4, -0.2) is 11.2 Å². The third-order valence-electron chi connectivity index (χ3n) is 2.13. The van der Waals surface area contributed by atoms with Crippen LogP contribution in [-0.2, 0) is 0 Å². The van der Waals surface area contributed by atoms with Crippen LogP contribution in [0.3, 0.4) is 0 Å². The summed E-state index contributed by atoms with van der Waals surface area (Å²) in [6, 6.07) is 0. The van der Waals surface area contributed by atoms with E-state index in [1.165, 1.54) is 12.8 Å². The summed E-state index contributed by atoms with van der Waals surface area (Å²) >= 11 is 0. The van der Waals surface area contributed by atoms with Crippen LogP contribution in [0.2, 0.25) is 0 Å². The van der Waals surface area contributed by atoms with Crippen molar-refractivity contribution in [3.05, 3.63) is 6.92 Å². The lowest BCUT2D eigenvalue weighted by Crippen LogP contribution is -1.99. The zero-order valence-corrected chi connectivity index (χ0v) is 5.84. The summed E-state index contributed by atoms with van der Waals surface area (Å²) in [4.78, 5) is 0. The van der Waals surface area contributed by atoms with E-state index in [2.05, 4.69) is 6.92 Å². The molecule has 0 aromatic heterocycles. The molecule has 53 valence electrons. The lowest BCUT2D eigenvalue weighted by Gasteiger charge is -2.04. The molecule has 1 fully saturated rings. The fraction of sp³-hybridized carbons (Fsp3) is 0.875. The molecule has 0 bridgehead atoms. The van der Waals surface area contributed by atoms with E-state index >= 15 is 0 Å². The molecule has 0 heterocycles. The highest BCUT2D eigenvalue weighted by Crippen LogP contribution is 2.28. The molecule has 1 saturated carbocycles. The summed E-state index contributed by atoms with van der Waals surface area (Å²) in [6.07, 6.45) is 5.49. The Morgan fingerprint density at radius 1 is 1.44 bits per heavy atom. The van der Waals surface area contributed by atoms with Crippen LogP contribution >= 0.6 is 0 Å². The van der Waals surface area contributed by atoms with Gasteiger partial charge in [-0.25, -0.2) is 0 Å². The van der Waals surface area contributed by atoms with Crippen LogP contribution in [0.15, 0.2) is 0 Å². The molecular weight excluding hydrogens is 112 g/mol. The van der Waals surface area contributed by atoms with E-state index in [1.54, 1.807) is 0 Å². The van der Waals surface area contributed by atoms with Gasteiger partial charge < -0.3 is 5.11 Å². The minimum Gasteiger partial charge on any atom is -0.393 e. The molecule has 9 heavy (non-hydrogen) atoms. The first-order valence-corrected chi connectivity index (χ1v) is 3.80. The van der Waals surface area contributed by atoms with Crippen molar-refractivity contribution in [2.24, 2.45) is 5.92 Å². The second kappa shape index (κ2) is 3.21. The van der Waals surface area contributed by atoms with Gasteiger partial charge in [-0.3, -0.25) is 0 Å². The van der Waals surface area contributed by atoms with Gasteiger partial charge in [0.15, 0.2) is 0 Å². The third-order valence-corrected chi connectivity index (χ3v) is 2.13. The summed E-state index contributed by atoms with van der Waals surface area (Å²) in [7, 11) is 0. The Labute approximate surface area is 57.1 Å². The smallest absolute Gasteiger partial charge is 0.0543 e. The number of hydrogen-bond acceptors (Lipinski definition) is 1. The molecule has 1 aliphatic carbocycles. The summed E-state index contributed by atoms with van der Waals surface area (Å²) in [5, 5.41) is 9.11. The van der Waals surface area contributed by atoms with E-state index < -0.39 is 0 Å². The molecule has 1 aliphatic rings. The van der Waals surface area contributed by atoms with Crippen molar-refractivity contribution in [3.63, 3.8) is 0 Å². The van der Waals surface area contributed by atoms with E-state index in [9.17, 15) is 0 Å². The van der Waals surface area contributed by atoms with E-state index in [4.69, 9.17) is 5.11 Å². The van der Waals surface area contributed by atoms with Crippen LogP contribution < -0.4 is 0 Å². The topological polar surface area (TPSA) is 20.2 Å². The summed E-state index contributed by atoms with van der Waals surface area (Å²) in [5.41, 5.74) is 0. The Kier molecular flexibility index (Phi) is 2.52. The largest absolute Gasteiger partial charge is 0.393 e. The van der Waals surface area contributed by atoms with Gasteiger partial charge in [0, 0.05) is 0 Å². The summed E-state index contributed by atoms with van der Waals surface area (Å²) in [6.45, 7) is 3.79. The minimum absolute atomic E-state index is 0.00144.